The third kappa shape index (κ3) is 3.02. The van der Waals surface area contributed by atoms with Gasteiger partial charge in [-0.2, -0.15) is 4.98 Å². The Balaban J connectivity index is 1.37. The van der Waals surface area contributed by atoms with E-state index in [1.54, 1.807) is 11.6 Å². The number of piperidine rings is 1. The summed E-state index contributed by atoms with van der Waals surface area (Å²) in [5.41, 5.74) is 3.93. The van der Waals surface area contributed by atoms with Gasteiger partial charge in [0.1, 0.15) is 5.75 Å². The van der Waals surface area contributed by atoms with E-state index < -0.39 is 0 Å². The van der Waals surface area contributed by atoms with Crippen molar-refractivity contribution < 1.29 is 14.3 Å². The fourth-order valence-electron chi connectivity index (χ4n) is 4.67. The van der Waals surface area contributed by atoms with Gasteiger partial charge >= 0.3 is 0 Å². The molecule has 1 saturated heterocycles. The molecule has 0 aliphatic carbocycles. The second-order valence-corrected chi connectivity index (χ2v) is 8.09. The van der Waals surface area contributed by atoms with Crippen molar-refractivity contribution in [2.24, 2.45) is 0 Å². The number of ether oxygens (including phenoxy) is 2. The second kappa shape index (κ2) is 7.05. The highest BCUT2D eigenvalue weighted by atomic mass is 16.5. The zero-order chi connectivity index (χ0) is 20.9. The van der Waals surface area contributed by atoms with E-state index in [4.69, 9.17) is 9.47 Å². The third-order valence-corrected chi connectivity index (χ3v) is 6.22. The third-order valence-electron chi connectivity index (χ3n) is 6.22. The lowest BCUT2D eigenvalue weighted by Crippen LogP contribution is -2.48. The molecule has 5 rings (SSSR count). The van der Waals surface area contributed by atoms with Crippen LogP contribution < -0.4 is 4.74 Å². The molecule has 0 N–H and O–H groups in total. The number of aryl methyl sites for hydroxylation is 2. The van der Waals surface area contributed by atoms with Crippen LogP contribution in [0.4, 0.5) is 0 Å². The molecule has 1 aromatic carbocycles. The number of carbonyl (C=O) groups is 1. The maximum Gasteiger partial charge on any atom is 0.293 e. The molecule has 1 amide bonds. The summed E-state index contributed by atoms with van der Waals surface area (Å²) >= 11 is 0. The quantitative estimate of drug-likeness (QED) is 0.649. The van der Waals surface area contributed by atoms with Crippen LogP contribution in [0.25, 0.3) is 5.78 Å². The number of carbonyl (C=O) groups excluding carboxylic acids is 1. The van der Waals surface area contributed by atoms with Crippen molar-refractivity contribution in [2.75, 3.05) is 26.8 Å². The number of nitrogens with zero attached hydrogens (tertiary/aromatic N) is 5. The van der Waals surface area contributed by atoms with E-state index in [-0.39, 0.29) is 17.3 Å². The largest absolute Gasteiger partial charge is 0.497 e. The molecule has 2 aliphatic rings. The molecule has 8 heteroatoms. The van der Waals surface area contributed by atoms with Gasteiger partial charge in [-0.1, -0.05) is 6.07 Å². The molecule has 0 unspecified atom stereocenters. The monoisotopic (exact) mass is 407 g/mol. The van der Waals surface area contributed by atoms with Crippen molar-refractivity contribution in [1.82, 2.24) is 24.5 Å². The Kier molecular flexibility index (Phi) is 4.47. The lowest BCUT2D eigenvalue weighted by atomic mass is 9.79. The van der Waals surface area contributed by atoms with Crippen LogP contribution in [0, 0.1) is 13.8 Å². The van der Waals surface area contributed by atoms with E-state index in [0.717, 1.165) is 36.4 Å². The van der Waals surface area contributed by atoms with E-state index in [0.29, 0.717) is 25.5 Å². The van der Waals surface area contributed by atoms with E-state index >= 15 is 0 Å². The number of hydrogen-bond donors (Lipinski definition) is 0. The lowest BCUT2D eigenvalue weighted by Gasteiger charge is -2.44. The van der Waals surface area contributed by atoms with Crippen LogP contribution in [0.3, 0.4) is 0 Å². The summed E-state index contributed by atoms with van der Waals surface area (Å²) in [6.07, 6.45) is 2.39. The maximum atomic E-state index is 13.1. The average Bonchev–Trinajstić information content (AvgIpc) is 3.18. The van der Waals surface area contributed by atoms with Crippen LogP contribution in [0.1, 0.15) is 46.0 Å². The zero-order valence-electron chi connectivity index (χ0n) is 17.5. The fourth-order valence-corrected chi connectivity index (χ4v) is 4.67. The number of fused-ring (bicyclic) bond motifs is 3. The van der Waals surface area contributed by atoms with Gasteiger partial charge in [-0.25, -0.2) is 9.50 Å². The topological polar surface area (TPSA) is 81.9 Å². The summed E-state index contributed by atoms with van der Waals surface area (Å²) in [5, 5.41) is 4.39. The molecule has 1 fully saturated rings. The molecule has 0 saturated carbocycles. The highest BCUT2D eigenvalue weighted by Gasteiger charge is 2.42. The van der Waals surface area contributed by atoms with Crippen LogP contribution in [-0.2, 0) is 16.8 Å². The van der Waals surface area contributed by atoms with E-state index in [1.807, 2.05) is 30.9 Å². The van der Waals surface area contributed by atoms with Gasteiger partial charge in [0.2, 0.25) is 5.82 Å². The molecule has 0 radical (unpaired) electrons. The van der Waals surface area contributed by atoms with Gasteiger partial charge in [0.25, 0.3) is 11.7 Å². The first kappa shape index (κ1) is 19.0. The molecule has 2 aromatic heterocycles. The summed E-state index contributed by atoms with van der Waals surface area (Å²) in [6, 6.07) is 8.14. The number of methoxy groups -OCH3 is 1. The highest BCUT2D eigenvalue weighted by Crippen LogP contribution is 2.42. The molecule has 0 bridgehead atoms. The Morgan fingerprint density at radius 2 is 1.97 bits per heavy atom. The van der Waals surface area contributed by atoms with Crippen LogP contribution >= 0.6 is 0 Å². The molecule has 3 aromatic rings. The molecular formula is C22H25N5O3. The smallest absolute Gasteiger partial charge is 0.293 e. The number of hydrogen-bond acceptors (Lipinski definition) is 6. The van der Waals surface area contributed by atoms with Crippen molar-refractivity contribution in [1.29, 1.82) is 0 Å². The molecule has 30 heavy (non-hydrogen) atoms. The van der Waals surface area contributed by atoms with E-state index in [2.05, 4.69) is 27.2 Å². The van der Waals surface area contributed by atoms with Crippen molar-refractivity contribution in [3.63, 3.8) is 0 Å². The van der Waals surface area contributed by atoms with Gasteiger partial charge in [-0.3, -0.25) is 4.79 Å². The Hall–Kier alpha value is -3.00. The van der Waals surface area contributed by atoms with Crippen molar-refractivity contribution in [2.45, 2.75) is 38.7 Å². The minimum absolute atomic E-state index is 0.154. The Labute approximate surface area is 174 Å². The predicted octanol–water partition coefficient (Wildman–Crippen LogP) is 2.45. The normalized spacial score (nSPS) is 17.9. The minimum atomic E-state index is -0.335. The molecular weight excluding hydrogens is 382 g/mol. The number of benzene rings is 1. The molecule has 0 atom stereocenters. The Morgan fingerprint density at radius 1 is 1.17 bits per heavy atom. The van der Waals surface area contributed by atoms with Gasteiger partial charge < -0.3 is 14.4 Å². The van der Waals surface area contributed by atoms with Gasteiger partial charge in [-0.15, -0.1) is 5.10 Å². The highest BCUT2D eigenvalue weighted by molar-refractivity contribution is 5.91. The van der Waals surface area contributed by atoms with Crippen molar-refractivity contribution >= 4 is 11.7 Å². The second-order valence-electron chi connectivity index (χ2n) is 8.09. The number of aromatic nitrogens is 4. The molecule has 1 spiro atoms. The Bertz CT molecular complexity index is 1130. The minimum Gasteiger partial charge on any atom is -0.497 e. The Morgan fingerprint density at radius 3 is 2.73 bits per heavy atom. The summed E-state index contributed by atoms with van der Waals surface area (Å²) in [4.78, 5) is 23.6. The lowest BCUT2D eigenvalue weighted by molar-refractivity contribution is -0.0936. The van der Waals surface area contributed by atoms with Crippen LogP contribution in [0.15, 0.2) is 24.3 Å². The molecule has 4 heterocycles. The van der Waals surface area contributed by atoms with E-state index in [1.165, 1.54) is 11.1 Å². The molecule has 2 aliphatic heterocycles. The molecule has 156 valence electrons. The van der Waals surface area contributed by atoms with Crippen molar-refractivity contribution in [3.05, 3.63) is 52.6 Å². The number of amides is 1. The SMILES string of the molecule is COc1ccc2c(c1)CCOC21CCN(C(=O)c2nc3nc(C)cc(C)n3n2)CC1. The summed E-state index contributed by atoms with van der Waals surface area (Å²) < 4.78 is 13.3. The van der Waals surface area contributed by atoms with Crippen LogP contribution in [0.5, 0.6) is 5.75 Å². The standard InChI is InChI=1S/C22H25N5O3/c1-14-12-15(2)27-21(23-14)24-19(25-27)20(28)26-9-7-22(8-10-26)18-5-4-17(29-3)13-16(18)6-11-30-22/h4-5,12-13H,6-11H2,1-3H3. The first-order chi connectivity index (χ1) is 14.5. The number of likely N-dealkylation sites (tertiary alicyclic amines) is 1. The zero-order valence-corrected chi connectivity index (χ0v) is 17.5. The molecule has 8 nitrogen and oxygen atoms in total. The fraction of sp³-hybridized carbons (Fsp3) is 0.455. The van der Waals surface area contributed by atoms with Gasteiger partial charge in [-0.05, 0) is 62.4 Å². The first-order valence-corrected chi connectivity index (χ1v) is 10.3. The van der Waals surface area contributed by atoms with Crippen molar-refractivity contribution in [3.8, 4) is 5.75 Å². The first-order valence-electron chi connectivity index (χ1n) is 10.3. The van der Waals surface area contributed by atoms with Gasteiger partial charge in [0, 0.05) is 24.5 Å². The van der Waals surface area contributed by atoms with Gasteiger partial charge in [0.05, 0.1) is 19.3 Å². The summed E-state index contributed by atoms with van der Waals surface area (Å²) in [7, 11) is 1.69. The van der Waals surface area contributed by atoms with Crippen LogP contribution in [-0.4, -0.2) is 57.2 Å². The average molecular weight is 407 g/mol. The van der Waals surface area contributed by atoms with Crippen LogP contribution in [0.2, 0.25) is 0 Å². The summed E-state index contributed by atoms with van der Waals surface area (Å²) in [6.45, 7) is 5.73. The summed E-state index contributed by atoms with van der Waals surface area (Å²) in [5.74, 6) is 1.37. The predicted molar refractivity (Wildman–Crippen MR) is 110 cm³/mol. The van der Waals surface area contributed by atoms with Gasteiger partial charge in [0.15, 0.2) is 0 Å². The van der Waals surface area contributed by atoms with E-state index in [9.17, 15) is 4.79 Å². The maximum absolute atomic E-state index is 13.1. The number of rotatable bonds is 2.